The lowest BCUT2D eigenvalue weighted by atomic mass is 9.74. The van der Waals surface area contributed by atoms with Gasteiger partial charge in [0.1, 0.15) is 17.5 Å². The molecule has 3 radical (unpaired) electrons. The molecule has 359 valence electrons. The van der Waals surface area contributed by atoms with Crippen molar-refractivity contribution in [3.8, 4) is 17.6 Å². The minimum absolute atomic E-state index is 0. The number of aryl methyl sites for hydroxylation is 1. The van der Waals surface area contributed by atoms with E-state index in [0.29, 0.717) is 12.8 Å². The van der Waals surface area contributed by atoms with Gasteiger partial charge in [-0.3, -0.25) is 0 Å². The minimum atomic E-state index is -0.945. The standard InChI is InChI=1S/C26H38O4.C17H19NO.C7H8.C3H9B3O3.CH4.B/c1-4-6-7-14-21(30-26-19-10-11-20-29-26)15-8-9-17-24(27)22-16-12-18-25(28-3)23(22)13-5-2;19-17(16-12-7-13-18-16,14-8-3-1-4-9-14)15-10-5-2-6-11-15;1-7-5-3-2-4-6-7;1-4-7-5(2)9-6(3)8-4;;/h5,12,16,18,21,24,26-27H,2,4,6-8,10-11,13-15,19-20H2,1,3H3;1-6,8-11,16,18-19H,7,12-13H2;2-6H,1H3;1-3H3;1H4;/t21-,24-,26?;16-;;;;/m01..../s1. The lowest BCUT2D eigenvalue weighted by Gasteiger charge is -2.35. The van der Waals surface area contributed by atoms with Crippen LogP contribution in [0.1, 0.15) is 119 Å². The SMILES string of the molecule is C.C=CCc1c(OC)cccc1[C@@H](O)C#CCC[C@H](CCCCC)OC1CCCCO1.CB1OB(C)OB(C)O1.Cc1ccccc1.OC(c1ccccc1)(c1ccccc1)[C@H]1CCCN1.[B]. The van der Waals surface area contributed by atoms with Crippen LogP contribution in [0.5, 0.6) is 5.75 Å². The van der Waals surface area contributed by atoms with E-state index in [-0.39, 0.29) is 55.6 Å². The molecule has 1 unspecified atom stereocenters. The lowest BCUT2D eigenvalue weighted by Crippen LogP contribution is -2.46. The molecule has 0 bridgehead atoms. The molecule has 7 rings (SSSR count). The number of methoxy groups -OCH3 is 1. The second-order valence-electron chi connectivity index (χ2n) is 16.7. The predicted molar refractivity (Wildman–Crippen MR) is 280 cm³/mol. The van der Waals surface area contributed by atoms with E-state index >= 15 is 0 Å². The molecule has 0 saturated carbocycles. The molecule has 0 aliphatic carbocycles. The molecule has 3 N–H and O–H groups in total. The van der Waals surface area contributed by atoms with Gasteiger partial charge in [0.2, 0.25) is 0 Å². The van der Waals surface area contributed by atoms with Gasteiger partial charge >= 0.3 is 21.4 Å². The fraction of sp³-hybridized carbons (Fsp3) is 0.481. The Morgan fingerprint density at radius 3 is 1.90 bits per heavy atom. The van der Waals surface area contributed by atoms with Crippen molar-refractivity contribution in [2.24, 2.45) is 0 Å². The second-order valence-corrected chi connectivity index (χ2v) is 16.7. The minimum Gasteiger partial charge on any atom is -0.496 e. The van der Waals surface area contributed by atoms with Gasteiger partial charge in [0.25, 0.3) is 0 Å². The maximum absolute atomic E-state index is 11.4. The van der Waals surface area contributed by atoms with E-state index in [1.54, 1.807) is 7.11 Å². The number of hydrogen-bond acceptors (Lipinski definition) is 9. The molecule has 0 spiro atoms. The molecule has 9 nitrogen and oxygen atoms in total. The lowest BCUT2D eigenvalue weighted by molar-refractivity contribution is -0.190. The molecule has 4 aromatic carbocycles. The van der Waals surface area contributed by atoms with Crippen LogP contribution < -0.4 is 10.1 Å². The molecule has 3 aliphatic heterocycles. The Morgan fingerprint density at radius 2 is 1.42 bits per heavy atom. The van der Waals surface area contributed by atoms with Gasteiger partial charge in [0.15, 0.2) is 6.29 Å². The number of allylic oxidation sites excluding steroid dienone is 1. The van der Waals surface area contributed by atoms with E-state index in [1.807, 2.05) is 124 Å². The monoisotopic (exact) mass is 913 g/mol. The van der Waals surface area contributed by atoms with E-state index < -0.39 is 11.7 Å². The van der Waals surface area contributed by atoms with Gasteiger partial charge in [-0.2, -0.15) is 0 Å². The Labute approximate surface area is 408 Å². The van der Waals surface area contributed by atoms with Crippen LogP contribution in [0.25, 0.3) is 0 Å². The average molecular weight is 912 g/mol. The first kappa shape index (κ1) is 59.0. The van der Waals surface area contributed by atoms with Crippen molar-refractivity contribution >= 4 is 29.8 Å². The van der Waals surface area contributed by atoms with Gasteiger partial charge in [0, 0.05) is 33.0 Å². The zero-order chi connectivity index (χ0) is 46.7. The fourth-order valence-corrected chi connectivity index (χ4v) is 8.24. The van der Waals surface area contributed by atoms with Crippen molar-refractivity contribution in [1.82, 2.24) is 5.32 Å². The van der Waals surface area contributed by atoms with Crippen LogP contribution in [0.4, 0.5) is 0 Å². The van der Waals surface area contributed by atoms with Crippen molar-refractivity contribution in [3.05, 3.63) is 150 Å². The van der Waals surface area contributed by atoms with Crippen LogP contribution in [-0.4, -0.2) is 78.7 Å². The number of benzene rings is 4. The van der Waals surface area contributed by atoms with Crippen molar-refractivity contribution < 1.29 is 38.1 Å². The maximum atomic E-state index is 11.4. The molecule has 3 fully saturated rings. The van der Waals surface area contributed by atoms with Gasteiger partial charge in [-0.05, 0) is 108 Å². The second kappa shape index (κ2) is 33.4. The summed E-state index contributed by atoms with van der Waals surface area (Å²) >= 11 is 0. The highest BCUT2D eigenvalue weighted by atomic mass is 16.7. The van der Waals surface area contributed by atoms with Gasteiger partial charge in [-0.15, -0.1) is 12.5 Å². The zero-order valence-electron chi connectivity index (χ0n) is 40.5. The summed E-state index contributed by atoms with van der Waals surface area (Å²) in [4.78, 5) is 0. The van der Waals surface area contributed by atoms with E-state index in [4.69, 9.17) is 27.9 Å². The zero-order valence-corrected chi connectivity index (χ0v) is 40.5. The molecular weight excluding hydrogens is 834 g/mol. The molecule has 3 heterocycles. The molecule has 4 aromatic rings. The summed E-state index contributed by atoms with van der Waals surface area (Å²) < 4.78 is 32.8. The molecular formula is C54H78B4NO8. The summed E-state index contributed by atoms with van der Waals surface area (Å²) in [6.45, 7) is 15.5. The molecule has 4 atom stereocenters. The summed E-state index contributed by atoms with van der Waals surface area (Å²) in [7, 11) is 1.23. The van der Waals surface area contributed by atoms with Crippen molar-refractivity contribution in [1.29, 1.82) is 0 Å². The normalized spacial score (nSPS) is 17.4. The summed E-state index contributed by atoms with van der Waals surface area (Å²) in [6, 6.07) is 36.0. The van der Waals surface area contributed by atoms with Crippen LogP contribution in [0.15, 0.2) is 122 Å². The van der Waals surface area contributed by atoms with E-state index in [9.17, 15) is 10.2 Å². The molecule has 67 heavy (non-hydrogen) atoms. The Balaban J connectivity index is 0.000000351. The third-order valence-corrected chi connectivity index (χ3v) is 11.6. The smallest absolute Gasteiger partial charge is 0.426 e. The number of nitrogens with one attached hydrogen (secondary N) is 1. The largest absolute Gasteiger partial charge is 0.496 e. The van der Waals surface area contributed by atoms with E-state index in [1.165, 1.54) is 31.2 Å². The summed E-state index contributed by atoms with van der Waals surface area (Å²) in [5.74, 6) is 6.92. The van der Waals surface area contributed by atoms with Crippen molar-refractivity contribution in [2.45, 2.75) is 149 Å². The van der Waals surface area contributed by atoms with Crippen LogP contribution in [0.3, 0.4) is 0 Å². The Kier molecular flexibility index (Phi) is 29.5. The molecule has 0 amide bonds. The van der Waals surface area contributed by atoms with E-state index in [2.05, 4.69) is 49.7 Å². The highest BCUT2D eigenvalue weighted by Gasteiger charge is 2.41. The summed E-state index contributed by atoms with van der Waals surface area (Å²) in [6.07, 6.45) is 13.3. The highest BCUT2D eigenvalue weighted by Crippen LogP contribution is 2.36. The Hall–Kier alpha value is -4.08. The van der Waals surface area contributed by atoms with Gasteiger partial charge in [-0.1, -0.05) is 154 Å². The number of unbranched alkanes of at least 4 members (excludes halogenated alkanes) is 2. The van der Waals surface area contributed by atoms with Gasteiger partial charge < -0.3 is 43.5 Å². The van der Waals surface area contributed by atoms with Gasteiger partial charge in [0.05, 0.1) is 13.2 Å². The third kappa shape index (κ3) is 20.6. The average Bonchev–Trinajstić information content (AvgIpc) is 3.88. The first-order valence-corrected chi connectivity index (χ1v) is 23.8. The Bertz CT molecular complexity index is 1880. The van der Waals surface area contributed by atoms with Crippen LogP contribution in [-0.2, 0) is 35.2 Å². The Morgan fingerprint density at radius 1 is 0.821 bits per heavy atom. The quantitative estimate of drug-likeness (QED) is 0.0465. The number of aliphatic hydroxyl groups is 2. The maximum Gasteiger partial charge on any atom is 0.426 e. The number of hydrogen-bond donors (Lipinski definition) is 3. The topological polar surface area (TPSA) is 108 Å². The molecule has 13 heteroatoms. The van der Waals surface area contributed by atoms with E-state index in [0.717, 1.165) is 79.7 Å². The number of aliphatic hydroxyl groups excluding tert-OH is 1. The summed E-state index contributed by atoms with van der Waals surface area (Å²) in [5.41, 5.74) is 4.02. The van der Waals surface area contributed by atoms with Crippen LogP contribution in [0, 0.1) is 18.8 Å². The van der Waals surface area contributed by atoms with Crippen molar-refractivity contribution in [3.63, 3.8) is 0 Å². The van der Waals surface area contributed by atoms with Crippen LogP contribution >= 0.6 is 0 Å². The third-order valence-electron chi connectivity index (χ3n) is 11.6. The number of ether oxygens (including phenoxy) is 3. The fourth-order valence-electron chi connectivity index (χ4n) is 8.24. The molecule has 3 aliphatic rings. The van der Waals surface area contributed by atoms with Gasteiger partial charge in [-0.25, -0.2) is 0 Å². The molecule has 0 aromatic heterocycles. The first-order chi connectivity index (χ1) is 31.6. The molecule has 3 saturated heterocycles. The predicted octanol–water partition coefficient (Wildman–Crippen LogP) is 11.1. The van der Waals surface area contributed by atoms with Crippen molar-refractivity contribution in [2.75, 3.05) is 20.3 Å². The number of rotatable bonds is 15. The van der Waals surface area contributed by atoms with Crippen LogP contribution in [0.2, 0.25) is 20.5 Å². The summed E-state index contributed by atoms with van der Waals surface area (Å²) in [5, 5.41) is 25.5. The highest BCUT2D eigenvalue weighted by molar-refractivity contribution is 6.72. The first-order valence-electron chi connectivity index (χ1n) is 23.8.